The number of nitriles is 2. The van der Waals surface area contributed by atoms with Crippen LogP contribution in [-0.4, -0.2) is 8.42 Å². The molecule has 0 aliphatic carbocycles. The maximum absolute atomic E-state index is 13.1. The Morgan fingerprint density at radius 2 is 1.12 bits per heavy atom. The monoisotopic (exact) mass is 344 g/mol. The van der Waals surface area contributed by atoms with Gasteiger partial charge in [-0.15, -0.1) is 0 Å². The fourth-order valence-corrected chi connectivity index (χ4v) is 4.27. The summed E-state index contributed by atoms with van der Waals surface area (Å²) < 4.78 is 26.3. The zero-order valence-electron chi connectivity index (χ0n) is 13.0. The number of benzene rings is 2. The normalized spacial score (nSPS) is 15.4. The van der Waals surface area contributed by atoms with E-state index < -0.39 is 9.84 Å². The Bertz CT molecular complexity index is 1010. The van der Waals surface area contributed by atoms with Crippen LogP contribution >= 0.6 is 0 Å². The van der Waals surface area contributed by atoms with Gasteiger partial charge in [0, 0.05) is 5.57 Å². The minimum Gasteiger partial charge on any atom is -0.218 e. The van der Waals surface area contributed by atoms with E-state index in [1.807, 2.05) is 12.1 Å². The Morgan fingerprint density at radius 3 is 1.48 bits per heavy atom. The third kappa shape index (κ3) is 3.01. The summed E-state index contributed by atoms with van der Waals surface area (Å²) in [5, 5.41) is 18.4. The summed E-state index contributed by atoms with van der Waals surface area (Å²) in [6.07, 6.45) is 2.78. The molecule has 0 bridgehead atoms. The maximum atomic E-state index is 13.1. The summed E-state index contributed by atoms with van der Waals surface area (Å²) in [5.74, 6) is 0. The molecule has 2 aromatic carbocycles. The molecule has 0 saturated heterocycles. The van der Waals surface area contributed by atoms with Gasteiger partial charge in [0.25, 0.3) is 0 Å². The second-order valence-corrected chi connectivity index (χ2v) is 7.19. The number of hydrogen-bond donors (Lipinski definition) is 0. The van der Waals surface area contributed by atoms with Crippen molar-refractivity contribution in [1.29, 1.82) is 10.5 Å². The Hall–Kier alpha value is -3.41. The molecule has 0 saturated carbocycles. The van der Waals surface area contributed by atoms with Gasteiger partial charge in [-0.1, -0.05) is 60.7 Å². The molecule has 0 unspecified atom stereocenters. The van der Waals surface area contributed by atoms with E-state index in [-0.39, 0.29) is 21.0 Å². The zero-order valence-corrected chi connectivity index (χ0v) is 13.9. The van der Waals surface area contributed by atoms with Gasteiger partial charge in [-0.05, 0) is 23.3 Å². The van der Waals surface area contributed by atoms with Crippen LogP contribution in [0.15, 0.2) is 84.0 Å². The maximum Gasteiger partial charge on any atom is 0.207 e. The smallest absolute Gasteiger partial charge is 0.207 e. The van der Waals surface area contributed by atoms with Crippen LogP contribution in [0.3, 0.4) is 0 Å². The average molecular weight is 344 g/mol. The molecule has 3 rings (SSSR count). The summed E-state index contributed by atoms with van der Waals surface area (Å²) in [5.41, 5.74) is 1.18. The Labute approximate surface area is 146 Å². The van der Waals surface area contributed by atoms with Crippen LogP contribution in [0.5, 0.6) is 0 Å². The third-order valence-electron chi connectivity index (χ3n) is 3.78. The van der Waals surface area contributed by atoms with E-state index in [0.29, 0.717) is 11.1 Å². The second-order valence-electron chi connectivity index (χ2n) is 5.31. The first kappa shape index (κ1) is 16.4. The molecular formula is C20H12N2O2S. The molecule has 1 aliphatic rings. The first-order chi connectivity index (χ1) is 12.1. The number of allylic oxidation sites excluding steroid dienone is 4. The quantitative estimate of drug-likeness (QED) is 0.775. The molecule has 0 fully saturated rings. The van der Waals surface area contributed by atoms with Crippen LogP contribution in [0.25, 0.3) is 9.81 Å². The van der Waals surface area contributed by atoms with Crippen molar-refractivity contribution in [3.05, 3.63) is 95.1 Å². The van der Waals surface area contributed by atoms with Crippen LogP contribution in [0.2, 0.25) is 0 Å². The van der Waals surface area contributed by atoms with E-state index >= 15 is 0 Å². The summed E-state index contributed by atoms with van der Waals surface area (Å²) in [4.78, 5) is 0.153. The van der Waals surface area contributed by atoms with Gasteiger partial charge in [-0.2, -0.15) is 10.5 Å². The van der Waals surface area contributed by atoms with Gasteiger partial charge in [0.2, 0.25) is 9.84 Å². The van der Waals surface area contributed by atoms with Gasteiger partial charge in [-0.25, -0.2) is 8.42 Å². The lowest BCUT2D eigenvalue weighted by molar-refractivity contribution is 0.614. The van der Waals surface area contributed by atoms with Crippen molar-refractivity contribution in [2.24, 2.45) is 0 Å². The summed E-state index contributed by atoms with van der Waals surface area (Å²) in [7, 11) is -3.78. The largest absolute Gasteiger partial charge is 0.218 e. The lowest BCUT2D eigenvalue weighted by atomic mass is 10.0. The second kappa shape index (κ2) is 6.60. The van der Waals surface area contributed by atoms with Gasteiger partial charge in [0.05, 0.1) is 9.81 Å². The summed E-state index contributed by atoms with van der Waals surface area (Å²) in [6.45, 7) is 0. The molecule has 0 radical (unpaired) electrons. The predicted octanol–water partition coefficient (Wildman–Crippen LogP) is 3.84. The SMILES string of the molecule is N#CC(C#N)=C1C=C(c2ccccc2)S(=O)(=O)C(c2ccccc2)=C1. The van der Waals surface area contributed by atoms with Crippen molar-refractivity contribution >= 4 is 19.6 Å². The predicted molar refractivity (Wildman–Crippen MR) is 96.0 cm³/mol. The molecule has 0 aromatic heterocycles. The van der Waals surface area contributed by atoms with Gasteiger partial charge in [0.15, 0.2) is 0 Å². The topological polar surface area (TPSA) is 81.7 Å². The lowest BCUT2D eigenvalue weighted by Crippen LogP contribution is -2.11. The summed E-state index contributed by atoms with van der Waals surface area (Å²) in [6, 6.07) is 21.0. The van der Waals surface area contributed by atoms with E-state index in [9.17, 15) is 18.9 Å². The first-order valence-electron chi connectivity index (χ1n) is 7.41. The number of hydrogen-bond acceptors (Lipinski definition) is 4. The van der Waals surface area contributed by atoms with Gasteiger partial charge < -0.3 is 0 Å². The fourth-order valence-electron chi connectivity index (χ4n) is 2.58. The van der Waals surface area contributed by atoms with Crippen molar-refractivity contribution in [3.63, 3.8) is 0 Å². The molecule has 25 heavy (non-hydrogen) atoms. The van der Waals surface area contributed by atoms with Gasteiger partial charge in [-0.3, -0.25) is 0 Å². The molecule has 1 heterocycles. The molecule has 5 heteroatoms. The highest BCUT2D eigenvalue weighted by molar-refractivity contribution is 8.09. The molecule has 2 aromatic rings. The Morgan fingerprint density at radius 1 is 0.720 bits per heavy atom. The van der Waals surface area contributed by atoms with Crippen molar-refractivity contribution < 1.29 is 8.42 Å². The fraction of sp³-hybridized carbons (Fsp3) is 0. The average Bonchev–Trinajstić information content (AvgIpc) is 2.64. The number of rotatable bonds is 2. The van der Waals surface area contributed by atoms with Crippen LogP contribution in [0, 0.1) is 22.7 Å². The van der Waals surface area contributed by atoms with Crippen LogP contribution in [0.4, 0.5) is 0 Å². The highest BCUT2D eigenvalue weighted by Crippen LogP contribution is 2.38. The summed E-state index contributed by atoms with van der Waals surface area (Å²) >= 11 is 0. The van der Waals surface area contributed by atoms with Crippen molar-refractivity contribution in [2.45, 2.75) is 0 Å². The van der Waals surface area contributed by atoms with E-state index in [2.05, 4.69) is 0 Å². The van der Waals surface area contributed by atoms with Crippen LogP contribution in [-0.2, 0) is 9.84 Å². The van der Waals surface area contributed by atoms with Gasteiger partial charge >= 0.3 is 0 Å². The van der Waals surface area contributed by atoms with Crippen LogP contribution in [0.1, 0.15) is 11.1 Å². The highest BCUT2D eigenvalue weighted by atomic mass is 32.2. The minimum absolute atomic E-state index is 0.0763. The molecule has 0 N–H and O–H groups in total. The van der Waals surface area contributed by atoms with E-state index in [4.69, 9.17) is 0 Å². The number of nitrogens with zero attached hydrogens (tertiary/aromatic N) is 2. The van der Waals surface area contributed by atoms with E-state index in [1.165, 1.54) is 12.2 Å². The van der Waals surface area contributed by atoms with Crippen molar-refractivity contribution in [3.8, 4) is 12.1 Å². The molecular weight excluding hydrogens is 332 g/mol. The highest BCUT2D eigenvalue weighted by Gasteiger charge is 2.30. The lowest BCUT2D eigenvalue weighted by Gasteiger charge is -2.18. The molecule has 0 atom stereocenters. The first-order valence-corrected chi connectivity index (χ1v) is 8.90. The molecule has 0 spiro atoms. The van der Waals surface area contributed by atoms with Crippen molar-refractivity contribution in [2.75, 3.05) is 0 Å². The van der Waals surface area contributed by atoms with E-state index in [1.54, 1.807) is 60.7 Å². The molecule has 4 nitrogen and oxygen atoms in total. The minimum atomic E-state index is -3.78. The van der Waals surface area contributed by atoms with Gasteiger partial charge in [0.1, 0.15) is 17.7 Å². The Kier molecular flexibility index (Phi) is 4.35. The van der Waals surface area contributed by atoms with E-state index in [0.717, 1.165) is 0 Å². The van der Waals surface area contributed by atoms with Crippen LogP contribution < -0.4 is 0 Å². The molecule has 120 valence electrons. The zero-order chi connectivity index (χ0) is 17.9. The number of sulfone groups is 1. The Balaban J connectivity index is 2.33. The standard InChI is InChI=1S/C20H12N2O2S/c21-13-18(14-22)17-11-19(15-7-3-1-4-8-15)25(23,24)20(12-17)16-9-5-2-6-10-16/h1-12H. The van der Waals surface area contributed by atoms with Crippen molar-refractivity contribution in [1.82, 2.24) is 0 Å². The third-order valence-corrected chi connectivity index (χ3v) is 5.65. The molecule has 0 amide bonds. The molecule has 1 aliphatic heterocycles.